The molecule has 5 rings (SSSR count). The molecule has 3 aromatic rings. The summed E-state index contributed by atoms with van der Waals surface area (Å²) in [4.78, 5) is 4.63. The summed E-state index contributed by atoms with van der Waals surface area (Å²) in [5.41, 5.74) is 2.04. The molecular formula is C23H25N5O4S. The Labute approximate surface area is 193 Å². The van der Waals surface area contributed by atoms with Crippen LogP contribution in [0.4, 0.5) is 11.5 Å². The number of aromatic nitrogens is 2. The van der Waals surface area contributed by atoms with Crippen molar-refractivity contribution in [1.82, 2.24) is 15.1 Å². The van der Waals surface area contributed by atoms with Gasteiger partial charge in [-0.05, 0) is 43.4 Å². The van der Waals surface area contributed by atoms with Crippen LogP contribution in [-0.4, -0.2) is 70.0 Å². The van der Waals surface area contributed by atoms with E-state index in [0.29, 0.717) is 30.4 Å². The highest BCUT2D eigenvalue weighted by Crippen LogP contribution is 2.33. The van der Waals surface area contributed by atoms with Crippen LogP contribution in [-0.2, 0) is 10.0 Å². The zero-order chi connectivity index (χ0) is 22.8. The second-order valence-corrected chi connectivity index (χ2v) is 9.74. The zero-order valence-electron chi connectivity index (χ0n) is 18.3. The lowest BCUT2D eigenvalue weighted by molar-refractivity contribution is 0.171. The summed E-state index contributed by atoms with van der Waals surface area (Å²) in [7, 11) is -1.65. The number of nitrogens with zero attached hydrogens (tertiary/aromatic N) is 4. The first-order valence-electron chi connectivity index (χ1n) is 10.8. The Bertz CT molecular complexity index is 1220. The molecule has 0 amide bonds. The molecular weight excluding hydrogens is 442 g/mol. The van der Waals surface area contributed by atoms with Crippen LogP contribution < -0.4 is 19.1 Å². The lowest BCUT2D eigenvalue weighted by Crippen LogP contribution is -2.44. The molecule has 0 spiro atoms. The number of nitrogens with one attached hydrogen (secondary N) is 1. The molecule has 10 heteroatoms. The first-order valence-corrected chi connectivity index (χ1v) is 12.3. The predicted molar refractivity (Wildman–Crippen MR) is 125 cm³/mol. The summed E-state index contributed by atoms with van der Waals surface area (Å²) >= 11 is 0. The number of hydrogen-bond acceptors (Lipinski definition) is 8. The first-order chi connectivity index (χ1) is 16.0. The molecule has 3 heterocycles. The molecule has 1 N–H and O–H groups in total. The van der Waals surface area contributed by atoms with E-state index in [2.05, 4.69) is 31.8 Å². The van der Waals surface area contributed by atoms with Crippen molar-refractivity contribution in [1.29, 1.82) is 0 Å². The van der Waals surface area contributed by atoms with E-state index in [9.17, 15) is 8.42 Å². The average molecular weight is 468 g/mol. The lowest BCUT2D eigenvalue weighted by Gasteiger charge is -2.32. The Balaban J connectivity index is 1.27. The molecule has 9 nitrogen and oxygen atoms in total. The van der Waals surface area contributed by atoms with Crippen LogP contribution in [0.15, 0.2) is 59.5 Å². The van der Waals surface area contributed by atoms with Gasteiger partial charge in [0.15, 0.2) is 17.3 Å². The van der Waals surface area contributed by atoms with Crippen molar-refractivity contribution >= 4 is 21.5 Å². The minimum atomic E-state index is -3.77. The predicted octanol–water partition coefficient (Wildman–Crippen LogP) is 2.47. The van der Waals surface area contributed by atoms with E-state index in [-0.39, 0.29) is 4.90 Å². The summed E-state index contributed by atoms with van der Waals surface area (Å²) in [6.07, 6.45) is 0. The Hall–Kier alpha value is -3.37. The lowest BCUT2D eigenvalue weighted by atomic mass is 10.1. The molecule has 1 fully saturated rings. The number of rotatable bonds is 5. The van der Waals surface area contributed by atoms with E-state index in [1.54, 1.807) is 18.2 Å². The van der Waals surface area contributed by atoms with Crippen molar-refractivity contribution in [3.63, 3.8) is 0 Å². The van der Waals surface area contributed by atoms with Gasteiger partial charge in [0.2, 0.25) is 0 Å². The summed E-state index contributed by atoms with van der Waals surface area (Å²) in [5, 5.41) is 8.75. The van der Waals surface area contributed by atoms with Gasteiger partial charge >= 0.3 is 0 Å². The van der Waals surface area contributed by atoms with Crippen LogP contribution in [0.3, 0.4) is 0 Å². The van der Waals surface area contributed by atoms with Crippen LogP contribution >= 0.6 is 0 Å². The van der Waals surface area contributed by atoms with Gasteiger partial charge in [-0.2, -0.15) is 0 Å². The van der Waals surface area contributed by atoms with E-state index in [4.69, 9.17) is 9.47 Å². The molecule has 0 bridgehead atoms. The SMILES string of the molecule is CN1CCN(c2ccc(-c3ccc(NS(=O)(=O)c4ccc5c(c4)OCCO5)cc3)nn2)CC1. The normalized spacial score (nSPS) is 16.5. The highest BCUT2D eigenvalue weighted by Gasteiger charge is 2.20. The van der Waals surface area contributed by atoms with Gasteiger partial charge < -0.3 is 19.3 Å². The molecule has 2 aliphatic rings. The van der Waals surface area contributed by atoms with E-state index in [1.165, 1.54) is 12.1 Å². The van der Waals surface area contributed by atoms with Gasteiger partial charge in [-0.3, -0.25) is 4.72 Å². The summed E-state index contributed by atoms with van der Waals surface area (Å²) < 4.78 is 39.2. The molecule has 2 aromatic carbocycles. The third kappa shape index (κ3) is 4.71. The maximum absolute atomic E-state index is 12.8. The van der Waals surface area contributed by atoms with Gasteiger partial charge in [0.1, 0.15) is 13.2 Å². The minimum Gasteiger partial charge on any atom is -0.486 e. The molecule has 0 radical (unpaired) electrons. The molecule has 0 saturated carbocycles. The average Bonchev–Trinajstić information content (AvgIpc) is 2.85. The van der Waals surface area contributed by atoms with Gasteiger partial charge in [0, 0.05) is 43.5 Å². The van der Waals surface area contributed by atoms with Crippen molar-refractivity contribution in [2.24, 2.45) is 0 Å². The largest absolute Gasteiger partial charge is 0.486 e. The Morgan fingerprint density at radius 3 is 2.27 bits per heavy atom. The van der Waals surface area contributed by atoms with Gasteiger partial charge in [0.05, 0.1) is 10.6 Å². The van der Waals surface area contributed by atoms with Gasteiger partial charge in [0.25, 0.3) is 10.0 Å². The number of ether oxygens (including phenoxy) is 2. The van der Waals surface area contributed by atoms with E-state index in [1.807, 2.05) is 24.3 Å². The van der Waals surface area contributed by atoms with Crippen molar-refractivity contribution < 1.29 is 17.9 Å². The third-order valence-corrected chi connectivity index (χ3v) is 7.11. The Morgan fingerprint density at radius 2 is 1.58 bits per heavy atom. The monoisotopic (exact) mass is 467 g/mol. The highest BCUT2D eigenvalue weighted by atomic mass is 32.2. The van der Waals surface area contributed by atoms with Crippen LogP contribution in [0.5, 0.6) is 11.5 Å². The molecule has 1 aromatic heterocycles. The molecule has 2 aliphatic heterocycles. The zero-order valence-corrected chi connectivity index (χ0v) is 19.1. The second-order valence-electron chi connectivity index (χ2n) is 8.06. The molecule has 172 valence electrons. The number of anilines is 2. The van der Waals surface area contributed by atoms with Gasteiger partial charge in [-0.25, -0.2) is 8.42 Å². The summed E-state index contributed by atoms with van der Waals surface area (Å²) in [6.45, 7) is 4.73. The minimum absolute atomic E-state index is 0.112. The van der Waals surface area contributed by atoms with Crippen molar-refractivity contribution in [2.75, 3.05) is 56.1 Å². The standard InChI is InChI=1S/C23H25N5O4S/c1-27-10-12-28(13-11-27)23-9-7-20(24-25-23)17-2-4-18(5-3-17)26-33(29,30)19-6-8-21-22(16-19)32-15-14-31-21/h2-9,16,26H,10-15H2,1H3. The first kappa shape index (κ1) is 21.5. The molecule has 0 aliphatic carbocycles. The summed E-state index contributed by atoms with van der Waals surface area (Å²) in [5.74, 6) is 1.85. The fraction of sp³-hybridized carbons (Fsp3) is 0.304. The number of fused-ring (bicyclic) bond motifs is 1. The van der Waals surface area contributed by atoms with Crippen molar-refractivity contribution in [3.05, 3.63) is 54.6 Å². The second kappa shape index (κ2) is 8.87. The van der Waals surface area contributed by atoms with Crippen LogP contribution in [0.1, 0.15) is 0 Å². The number of sulfonamides is 1. The topological polar surface area (TPSA) is 96.9 Å². The number of benzene rings is 2. The van der Waals surface area contributed by atoms with Gasteiger partial charge in [-0.15, -0.1) is 10.2 Å². The van der Waals surface area contributed by atoms with E-state index >= 15 is 0 Å². The van der Waals surface area contributed by atoms with E-state index in [0.717, 1.165) is 43.3 Å². The number of piperazine rings is 1. The van der Waals surface area contributed by atoms with Crippen LogP contribution in [0, 0.1) is 0 Å². The highest BCUT2D eigenvalue weighted by molar-refractivity contribution is 7.92. The van der Waals surface area contributed by atoms with Crippen molar-refractivity contribution in [3.8, 4) is 22.8 Å². The van der Waals surface area contributed by atoms with Crippen LogP contribution in [0.25, 0.3) is 11.3 Å². The van der Waals surface area contributed by atoms with E-state index < -0.39 is 10.0 Å². The van der Waals surface area contributed by atoms with Gasteiger partial charge in [-0.1, -0.05) is 12.1 Å². The molecule has 0 atom stereocenters. The Morgan fingerprint density at radius 1 is 0.848 bits per heavy atom. The smallest absolute Gasteiger partial charge is 0.262 e. The number of hydrogen-bond donors (Lipinski definition) is 1. The quantitative estimate of drug-likeness (QED) is 0.611. The molecule has 1 saturated heterocycles. The number of likely N-dealkylation sites (N-methyl/N-ethyl adjacent to an activating group) is 1. The fourth-order valence-corrected chi connectivity index (χ4v) is 4.87. The molecule has 33 heavy (non-hydrogen) atoms. The maximum atomic E-state index is 12.8. The summed E-state index contributed by atoms with van der Waals surface area (Å²) in [6, 6.07) is 15.6. The molecule has 0 unspecified atom stereocenters. The Kier molecular flexibility index (Phi) is 5.77. The maximum Gasteiger partial charge on any atom is 0.262 e. The van der Waals surface area contributed by atoms with Crippen LogP contribution in [0.2, 0.25) is 0 Å². The third-order valence-electron chi connectivity index (χ3n) is 5.73. The van der Waals surface area contributed by atoms with Crippen molar-refractivity contribution in [2.45, 2.75) is 4.90 Å². The fourth-order valence-electron chi connectivity index (χ4n) is 3.80.